The Kier molecular flexibility index (Phi) is 5.38. The number of para-hydroxylation sites is 1. The van der Waals surface area contributed by atoms with Gasteiger partial charge < -0.3 is 15.1 Å². The number of hydrogen-bond donors (Lipinski definition) is 2. The molecule has 2 N–H and O–H groups in total. The molecule has 1 aromatic rings. The fourth-order valence-electron chi connectivity index (χ4n) is 2.48. The molecule has 5 heteroatoms. The number of carbonyl (C=O) groups excluding carboxylic acids is 1. The number of β-amino-alcohol motifs (C(OH)–C–C–N with tert-alkyl or cyclic N) is 1. The van der Waals surface area contributed by atoms with Crippen LogP contribution in [0.2, 0.25) is 0 Å². The topological polar surface area (TPSA) is 64.0 Å². The largest absolute Gasteiger partial charge is 0.508 e. The minimum atomic E-state index is 0.136. The summed E-state index contributed by atoms with van der Waals surface area (Å²) in [6.07, 6.45) is 1.000. The van der Waals surface area contributed by atoms with Gasteiger partial charge in [0.05, 0.1) is 6.61 Å². The number of nitrogens with zero attached hydrogens (tertiary/aromatic N) is 2. The van der Waals surface area contributed by atoms with Crippen LogP contribution in [0.15, 0.2) is 24.3 Å². The molecule has 5 nitrogen and oxygen atoms in total. The predicted molar refractivity (Wildman–Crippen MR) is 76.5 cm³/mol. The van der Waals surface area contributed by atoms with Crippen molar-refractivity contribution in [3.05, 3.63) is 29.8 Å². The zero-order valence-electron chi connectivity index (χ0n) is 11.7. The molecule has 1 aromatic carbocycles. The van der Waals surface area contributed by atoms with Gasteiger partial charge >= 0.3 is 0 Å². The van der Waals surface area contributed by atoms with Crippen LogP contribution >= 0.6 is 0 Å². The summed E-state index contributed by atoms with van der Waals surface area (Å²) >= 11 is 0. The van der Waals surface area contributed by atoms with E-state index in [0.717, 1.165) is 31.7 Å². The normalized spacial score (nSPS) is 16.4. The Morgan fingerprint density at radius 1 is 1.15 bits per heavy atom. The summed E-state index contributed by atoms with van der Waals surface area (Å²) < 4.78 is 0. The quantitative estimate of drug-likeness (QED) is 0.821. The molecule has 0 radical (unpaired) electrons. The van der Waals surface area contributed by atoms with Crippen molar-refractivity contribution in [1.29, 1.82) is 0 Å². The third-order valence-electron chi connectivity index (χ3n) is 3.74. The Labute approximate surface area is 119 Å². The summed E-state index contributed by atoms with van der Waals surface area (Å²) in [5, 5.41) is 18.6. The second kappa shape index (κ2) is 7.26. The first-order chi connectivity index (χ1) is 9.70. The fourth-order valence-corrected chi connectivity index (χ4v) is 2.48. The minimum Gasteiger partial charge on any atom is -0.508 e. The lowest BCUT2D eigenvalue weighted by Crippen LogP contribution is -2.49. The molecule has 110 valence electrons. The van der Waals surface area contributed by atoms with Gasteiger partial charge in [-0.2, -0.15) is 0 Å². The van der Waals surface area contributed by atoms with Crippen LogP contribution in [0.3, 0.4) is 0 Å². The Morgan fingerprint density at radius 3 is 2.50 bits per heavy atom. The summed E-state index contributed by atoms with van der Waals surface area (Å²) in [5.74, 6) is 0.393. The molecule has 0 atom stereocenters. The van der Waals surface area contributed by atoms with Crippen molar-refractivity contribution in [3.63, 3.8) is 0 Å². The van der Waals surface area contributed by atoms with Crippen molar-refractivity contribution in [2.75, 3.05) is 39.3 Å². The highest BCUT2D eigenvalue weighted by Gasteiger charge is 2.20. The summed E-state index contributed by atoms with van der Waals surface area (Å²) in [7, 11) is 0. The summed E-state index contributed by atoms with van der Waals surface area (Å²) in [6, 6.07) is 7.14. The number of phenols is 1. The summed E-state index contributed by atoms with van der Waals surface area (Å²) in [6.45, 7) is 3.94. The Bertz CT molecular complexity index is 442. The van der Waals surface area contributed by atoms with Crippen molar-refractivity contribution in [1.82, 2.24) is 9.80 Å². The van der Waals surface area contributed by atoms with Gasteiger partial charge in [0.2, 0.25) is 5.91 Å². The van der Waals surface area contributed by atoms with Crippen LogP contribution in [-0.4, -0.2) is 65.3 Å². The van der Waals surface area contributed by atoms with Gasteiger partial charge in [0, 0.05) is 39.1 Å². The van der Waals surface area contributed by atoms with Gasteiger partial charge in [-0.05, 0) is 18.1 Å². The number of hydrogen-bond acceptors (Lipinski definition) is 4. The molecular weight excluding hydrogens is 256 g/mol. The number of piperazine rings is 1. The average Bonchev–Trinajstić information content (AvgIpc) is 2.47. The van der Waals surface area contributed by atoms with Crippen LogP contribution in [0.25, 0.3) is 0 Å². The van der Waals surface area contributed by atoms with E-state index in [0.29, 0.717) is 19.4 Å². The van der Waals surface area contributed by atoms with Crippen LogP contribution < -0.4 is 0 Å². The predicted octanol–water partition coefficient (Wildman–Crippen LogP) is 0.461. The first kappa shape index (κ1) is 14.8. The maximum absolute atomic E-state index is 12.1. The number of aromatic hydroxyl groups is 1. The smallest absolute Gasteiger partial charge is 0.222 e. The number of aliphatic hydroxyl groups is 1. The molecule has 0 saturated carbocycles. The third-order valence-corrected chi connectivity index (χ3v) is 3.74. The molecule has 0 spiro atoms. The molecule has 1 fully saturated rings. The van der Waals surface area contributed by atoms with Crippen LogP contribution in [0, 0.1) is 0 Å². The fraction of sp³-hybridized carbons (Fsp3) is 0.533. The lowest BCUT2D eigenvalue weighted by atomic mass is 10.1. The van der Waals surface area contributed by atoms with E-state index in [1.165, 1.54) is 0 Å². The highest BCUT2D eigenvalue weighted by atomic mass is 16.3. The molecular formula is C15H22N2O3. The number of aliphatic hydroxyl groups excluding tert-OH is 1. The highest BCUT2D eigenvalue weighted by molar-refractivity contribution is 5.76. The molecule has 1 amide bonds. The summed E-state index contributed by atoms with van der Waals surface area (Å²) in [4.78, 5) is 16.2. The zero-order chi connectivity index (χ0) is 14.4. The molecule has 0 unspecified atom stereocenters. The van der Waals surface area contributed by atoms with Crippen molar-refractivity contribution >= 4 is 5.91 Å². The Morgan fingerprint density at radius 2 is 1.85 bits per heavy atom. The first-order valence-electron chi connectivity index (χ1n) is 7.08. The van der Waals surface area contributed by atoms with Gasteiger partial charge in [-0.15, -0.1) is 0 Å². The molecule has 20 heavy (non-hydrogen) atoms. The van der Waals surface area contributed by atoms with Crippen molar-refractivity contribution in [3.8, 4) is 5.75 Å². The number of carbonyl (C=O) groups is 1. The number of phenolic OH excluding ortho intramolecular Hbond substituents is 1. The summed E-state index contributed by atoms with van der Waals surface area (Å²) in [5.41, 5.74) is 0.819. The molecule has 2 rings (SSSR count). The second-order valence-corrected chi connectivity index (χ2v) is 5.07. The lowest BCUT2D eigenvalue weighted by molar-refractivity contribution is -0.132. The van der Waals surface area contributed by atoms with Crippen LogP contribution in [0.1, 0.15) is 12.0 Å². The Balaban J connectivity index is 1.77. The zero-order valence-corrected chi connectivity index (χ0v) is 11.7. The molecule has 1 heterocycles. The van der Waals surface area contributed by atoms with E-state index in [1.54, 1.807) is 12.1 Å². The number of aryl methyl sites for hydroxylation is 1. The number of amides is 1. The van der Waals surface area contributed by atoms with Crippen molar-refractivity contribution in [2.24, 2.45) is 0 Å². The van der Waals surface area contributed by atoms with E-state index in [4.69, 9.17) is 5.11 Å². The van der Waals surface area contributed by atoms with Gasteiger partial charge in [0.1, 0.15) is 5.75 Å². The van der Waals surface area contributed by atoms with E-state index in [1.807, 2.05) is 17.0 Å². The number of rotatable bonds is 5. The van der Waals surface area contributed by atoms with E-state index in [2.05, 4.69) is 4.90 Å². The molecule has 1 aliphatic rings. The van der Waals surface area contributed by atoms with Crippen molar-refractivity contribution < 1.29 is 15.0 Å². The van der Waals surface area contributed by atoms with E-state index in [-0.39, 0.29) is 18.3 Å². The van der Waals surface area contributed by atoms with Gasteiger partial charge in [-0.1, -0.05) is 18.2 Å². The monoisotopic (exact) mass is 278 g/mol. The van der Waals surface area contributed by atoms with Crippen LogP contribution in [-0.2, 0) is 11.2 Å². The van der Waals surface area contributed by atoms with E-state index >= 15 is 0 Å². The first-order valence-corrected chi connectivity index (χ1v) is 7.08. The molecule has 0 aromatic heterocycles. The highest BCUT2D eigenvalue weighted by Crippen LogP contribution is 2.17. The van der Waals surface area contributed by atoms with Gasteiger partial charge in [-0.3, -0.25) is 9.69 Å². The van der Waals surface area contributed by atoms with Gasteiger partial charge in [-0.25, -0.2) is 0 Å². The molecule has 0 bridgehead atoms. The average molecular weight is 278 g/mol. The van der Waals surface area contributed by atoms with E-state index < -0.39 is 0 Å². The van der Waals surface area contributed by atoms with E-state index in [9.17, 15) is 9.90 Å². The second-order valence-electron chi connectivity index (χ2n) is 5.07. The Hall–Kier alpha value is -1.59. The van der Waals surface area contributed by atoms with Gasteiger partial charge in [0.15, 0.2) is 0 Å². The third kappa shape index (κ3) is 3.95. The van der Waals surface area contributed by atoms with Crippen LogP contribution in [0.4, 0.5) is 0 Å². The lowest BCUT2D eigenvalue weighted by Gasteiger charge is -2.34. The minimum absolute atomic E-state index is 0.136. The van der Waals surface area contributed by atoms with Crippen molar-refractivity contribution in [2.45, 2.75) is 12.8 Å². The number of benzene rings is 1. The molecule has 1 saturated heterocycles. The molecule has 1 aliphatic heterocycles. The van der Waals surface area contributed by atoms with Crippen LogP contribution in [0.5, 0.6) is 5.75 Å². The molecule has 0 aliphatic carbocycles. The maximum atomic E-state index is 12.1. The maximum Gasteiger partial charge on any atom is 0.222 e. The standard InChI is InChI=1S/C15H22N2O3/c18-12-11-16-7-9-17(10-8-16)15(20)6-5-13-3-1-2-4-14(13)19/h1-4,18-19H,5-12H2. The van der Waals surface area contributed by atoms with Gasteiger partial charge in [0.25, 0.3) is 0 Å². The SMILES string of the molecule is O=C(CCc1ccccc1O)N1CCN(CCO)CC1.